The first-order chi connectivity index (χ1) is 8.56. The maximum Gasteiger partial charge on any atom is 0.328 e. The van der Waals surface area contributed by atoms with Crippen LogP contribution in [0.1, 0.15) is 5.56 Å². The Labute approximate surface area is 113 Å². The van der Waals surface area contributed by atoms with Crippen molar-refractivity contribution in [3.63, 3.8) is 0 Å². The molecule has 0 fully saturated rings. The topological polar surface area (TPSA) is 75.6 Å². The van der Waals surface area contributed by atoms with Gasteiger partial charge < -0.3 is 15.2 Å². The van der Waals surface area contributed by atoms with Crippen molar-refractivity contribution in [1.82, 2.24) is 5.32 Å². The molecule has 0 heterocycles. The highest BCUT2D eigenvalue weighted by Crippen LogP contribution is 2.13. The molecule has 0 saturated carbocycles. The van der Waals surface area contributed by atoms with Crippen LogP contribution in [0.3, 0.4) is 0 Å². The number of methoxy groups -OCH3 is 1. The zero-order chi connectivity index (χ0) is 13.5. The van der Waals surface area contributed by atoms with E-state index in [-0.39, 0.29) is 0 Å². The average molecular weight is 316 g/mol. The predicted molar refractivity (Wildman–Crippen MR) is 68.9 cm³/mol. The molecule has 0 unspecified atom stereocenters. The molecule has 0 spiro atoms. The number of halogens is 1. The molecule has 1 amide bonds. The lowest BCUT2D eigenvalue weighted by atomic mass is 10.1. The van der Waals surface area contributed by atoms with Crippen LogP contribution < -0.4 is 5.32 Å². The van der Waals surface area contributed by atoms with E-state index in [4.69, 9.17) is 5.11 Å². The summed E-state index contributed by atoms with van der Waals surface area (Å²) in [6.45, 7) is -0.661. The number of carbonyl (C=O) groups excluding carboxylic acids is 2. The van der Waals surface area contributed by atoms with Crippen molar-refractivity contribution in [1.29, 1.82) is 0 Å². The molecule has 2 N–H and O–H groups in total. The molecule has 98 valence electrons. The number of benzene rings is 1. The van der Waals surface area contributed by atoms with Gasteiger partial charge in [0.15, 0.2) is 0 Å². The van der Waals surface area contributed by atoms with Crippen LogP contribution in [-0.4, -0.2) is 36.7 Å². The van der Waals surface area contributed by atoms with Gasteiger partial charge in [0, 0.05) is 10.9 Å². The molecule has 0 aliphatic rings. The van der Waals surface area contributed by atoms with Gasteiger partial charge >= 0.3 is 5.97 Å². The van der Waals surface area contributed by atoms with Crippen molar-refractivity contribution in [3.8, 4) is 0 Å². The molecule has 1 aromatic rings. The van der Waals surface area contributed by atoms with Crippen molar-refractivity contribution in [2.24, 2.45) is 0 Å². The van der Waals surface area contributed by atoms with Crippen molar-refractivity contribution >= 4 is 27.8 Å². The van der Waals surface area contributed by atoms with Crippen LogP contribution in [0.4, 0.5) is 0 Å². The van der Waals surface area contributed by atoms with Crippen LogP contribution in [0, 0.1) is 0 Å². The van der Waals surface area contributed by atoms with E-state index in [1.165, 1.54) is 7.11 Å². The highest BCUT2D eigenvalue weighted by Gasteiger charge is 2.21. The monoisotopic (exact) mass is 315 g/mol. The lowest BCUT2D eigenvalue weighted by molar-refractivity contribution is -0.145. The Balaban J connectivity index is 2.78. The fraction of sp³-hybridized carbons (Fsp3) is 0.333. The first-order valence-corrected chi connectivity index (χ1v) is 6.08. The van der Waals surface area contributed by atoms with Crippen LogP contribution in [0.5, 0.6) is 0 Å². The second-order valence-electron chi connectivity index (χ2n) is 3.64. The fourth-order valence-electron chi connectivity index (χ4n) is 1.48. The summed E-state index contributed by atoms with van der Waals surface area (Å²) in [5.41, 5.74) is 0.873. The van der Waals surface area contributed by atoms with Gasteiger partial charge in [0.2, 0.25) is 5.91 Å². The van der Waals surface area contributed by atoms with Crippen LogP contribution in [0.15, 0.2) is 28.7 Å². The summed E-state index contributed by atoms with van der Waals surface area (Å²) in [4.78, 5) is 22.6. The molecule has 0 aromatic heterocycles. The quantitative estimate of drug-likeness (QED) is 0.782. The third-order valence-corrected chi connectivity index (χ3v) is 2.79. The van der Waals surface area contributed by atoms with Crippen molar-refractivity contribution in [2.45, 2.75) is 12.5 Å². The summed E-state index contributed by atoms with van der Waals surface area (Å²) in [5.74, 6) is -1.16. The number of ether oxygens (including phenoxy) is 1. The number of nitrogens with one attached hydrogen (secondary N) is 1. The molecule has 1 rings (SSSR count). The Morgan fingerprint density at radius 2 is 2.22 bits per heavy atom. The van der Waals surface area contributed by atoms with E-state index in [1.54, 1.807) is 0 Å². The number of aliphatic hydroxyl groups excluding tert-OH is 1. The molecule has 1 aromatic carbocycles. The minimum atomic E-state index is -0.802. The number of esters is 1. The molecule has 0 saturated heterocycles. The van der Waals surface area contributed by atoms with Gasteiger partial charge in [0.05, 0.1) is 7.11 Å². The van der Waals surface area contributed by atoms with E-state index in [1.807, 2.05) is 24.3 Å². The van der Waals surface area contributed by atoms with Crippen molar-refractivity contribution < 1.29 is 19.4 Å². The van der Waals surface area contributed by atoms with Gasteiger partial charge in [0.25, 0.3) is 0 Å². The minimum absolute atomic E-state index is 0.303. The first kappa shape index (κ1) is 14.7. The molecular formula is C12H14BrNO4. The van der Waals surface area contributed by atoms with Gasteiger partial charge in [-0.05, 0) is 17.7 Å². The van der Waals surface area contributed by atoms with E-state index in [0.717, 1.165) is 10.0 Å². The number of rotatable bonds is 5. The molecule has 0 aliphatic heterocycles. The second kappa shape index (κ2) is 7.13. The molecule has 5 nitrogen and oxygen atoms in total. The minimum Gasteiger partial charge on any atom is -0.467 e. The van der Waals surface area contributed by atoms with Gasteiger partial charge in [-0.3, -0.25) is 4.79 Å². The largest absolute Gasteiger partial charge is 0.467 e. The molecule has 0 bridgehead atoms. The third kappa shape index (κ3) is 4.46. The highest BCUT2D eigenvalue weighted by molar-refractivity contribution is 9.10. The van der Waals surface area contributed by atoms with Gasteiger partial charge in [-0.15, -0.1) is 0 Å². The van der Waals surface area contributed by atoms with Crippen LogP contribution in [0.2, 0.25) is 0 Å². The van der Waals surface area contributed by atoms with Crippen molar-refractivity contribution in [2.75, 3.05) is 13.7 Å². The van der Waals surface area contributed by atoms with Crippen LogP contribution >= 0.6 is 15.9 Å². The Bertz CT molecular complexity index is 436. The summed E-state index contributed by atoms with van der Waals surface area (Å²) in [5, 5.41) is 11.1. The molecule has 0 aliphatic carbocycles. The molecular weight excluding hydrogens is 302 g/mol. The summed E-state index contributed by atoms with van der Waals surface area (Å²) < 4.78 is 5.50. The Kier molecular flexibility index (Phi) is 5.80. The van der Waals surface area contributed by atoms with Gasteiger partial charge in [-0.2, -0.15) is 0 Å². The SMILES string of the molecule is COC(=O)[C@@H](Cc1cccc(Br)c1)NC(=O)CO. The third-order valence-electron chi connectivity index (χ3n) is 2.29. The van der Waals surface area contributed by atoms with Crippen LogP contribution in [0.25, 0.3) is 0 Å². The molecule has 0 radical (unpaired) electrons. The molecule has 6 heteroatoms. The number of amides is 1. The Morgan fingerprint density at radius 3 is 2.78 bits per heavy atom. The maximum absolute atomic E-state index is 11.5. The smallest absolute Gasteiger partial charge is 0.328 e. The number of carbonyl (C=O) groups is 2. The zero-order valence-electron chi connectivity index (χ0n) is 9.85. The van der Waals surface area contributed by atoms with Gasteiger partial charge in [0.1, 0.15) is 12.6 Å². The van der Waals surface area contributed by atoms with E-state index in [2.05, 4.69) is 26.0 Å². The number of hydrogen-bond acceptors (Lipinski definition) is 4. The van der Waals surface area contributed by atoms with E-state index >= 15 is 0 Å². The Hall–Kier alpha value is -1.40. The average Bonchev–Trinajstić information content (AvgIpc) is 2.36. The highest BCUT2D eigenvalue weighted by atomic mass is 79.9. The maximum atomic E-state index is 11.5. The normalized spacial score (nSPS) is 11.7. The lowest BCUT2D eigenvalue weighted by Crippen LogP contribution is -2.44. The first-order valence-electron chi connectivity index (χ1n) is 5.29. The van der Waals surface area contributed by atoms with Crippen molar-refractivity contribution in [3.05, 3.63) is 34.3 Å². The zero-order valence-corrected chi connectivity index (χ0v) is 11.4. The second-order valence-corrected chi connectivity index (χ2v) is 4.55. The standard InChI is InChI=1S/C12H14BrNO4/c1-18-12(17)10(14-11(16)7-15)6-8-3-2-4-9(13)5-8/h2-5,10,15H,6-7H2,1H3,(H,14,16)/t10-/m1/s1. The predicted octanol–water partition coefficient (Wildman–Crippen LogP) is 0.642. The van der Waals surface area contributed by atoms with E-state index in [0.29, 0.717) is 6.42 Å². The number of aliphatic hydroxyl groups is 1. The number of hydrogen-bond donors (Lipinski definition) is 2. The fourth-order valence-corrected chi connectivity index (χ4v) is 1.92. The molecule has 18 heavy (non-hydrogen) atoms. The molecule has 1 atom stereocenters. The Morgan fingerprint density at radius 1 is 1.50 bits per heavy atom. The summed E-state index contributed by atoms with van der Waals surface area (Å²) in [6.07, 6.45) is 0.303. The lowest BCUT2D eigenvalue weighted by Gasteiger charge is -2.16. The van der Waals surface area contributed by atoms with Gasteiger partial charge in [-0.25, -0.2) is 4.79 Å². The van der Waals surface area contributed by atoms with E-state index in [9.17, 15) is 9.59 Å². The summed E-state index contributed by atoms with van der Waals surface area (Å²) in [6, 6.07) is 6.58. The van der Waals surface area contributed by atoms with Gasteiger partial charge in [-0.1, -0.05) is 28.1 Å². The summed E-state index contributed by atoms with van der Waals surface area (Å²) >= 11 is 3.33. The van der Waals surface area contributed by atoms with E-state index < -0.39 is 24.5 Å². The van der Waals surface area contributed by atoms with Crippen LogP contribution in [-0.2, 0) is 20.7 Å². The summed E-state index contributed by atoms with van der Waals surface area (Å²) in [7, 11) is 1.25.